The first-order valence-electron chi connectivity index (χ1n) is 13.6. The van der Waals surface area contributed by atoms with Gasteiger partial charge in [-0.05, 0) is 65.3 Å². The quantitative estimate of drug-likeness (QED) is 0.380. The molecular formula is C27H44N2O6. The lowest BCUT2D eigenvalue weighted by Gasteiger charge is -2.43. The number of hydrogen-bond donors (Lipinski definition) is 0. The van der Waals surface area contributed by atoms with Gasteiger partial charge in [-0.3, -0.25) is 4.90 Å². The Labute approximate surface area is 210 Å². The third-order valence-corrected chi connectivity index (χ3v) is 8.99. The van der Waals surface area contributed by atoms with Crippen LogP contribution in [0.5, 0.6) is 0 Å². The molecule has 7 atom stereocenters. The van der Waals surface area contributed by atoms with Gasteiger partial charge in [-0.25, -0.2) is 4.79 Å². The number of ether oxygens (including phenoxy) is 5. The maximum absolute atomic E-state index is 13.2. The van der Waals surface area contributed by atoms with Gasteiger partial charge in [0.15, 0.2) is 0 Å². The number of carbonyl (C=O) groups excluding carboxylic acids is 1. The number of allylic oxidation sites excluding steroid dienone is 1. The highest BCUT2D eigenvalue weighted by Crippen LogP contribution is 2.59. The summed E-state index contributed by atoms with van der Waals surface area (Å²) in [4.78, 5) is 17.5. The summed E-state index contributed by atoms with van der Waals surface area (Å²) < 4.78 is 29.9. The minimum Gasteiger partial charge on any atom is -0.443 e. The minimum atomic E-state index is -0.313. The van der Waals surface area contributed by atoms with E-state index < -0.39 is 0 Å². The van der Waals surface area contributed by atoms with E-state index in [1.54, 1.807) is 7.11 Å². The van der Waals surface area contributed by atoms with Crippen molar-refractivity contribution in [2.45, 2.75) is 82.4 Å². The Morgan fingerprint density at radius 1 is 1.17 bits per heavy atom. The maximum Gasteiger partial charge on any atom is 0.410 e. The van der Waals surface area contributed by atoms with Crippen LogP contribution in [-0.4, -0.2) is 105 Å². The highest BCUT2D eigenvalue weighted by molar-refractivity contribution is 5.68. The van der Waals surface area contributed by atoms with E-state index >= 15 is 0 Å². The van der Waals surface area contributed by atoms with Gasteiger partial charge in [0, 0.05) is 33.3 Å². The van der Waals surface area contributed by atoms with Crippen LogP contribution in [0.3, 0.4) is 0 Å². The Morgan fingerprint density at radius 3 is 2.63 bits per heavy atom. The second-order valence-corrected chi connectivity index (χ2v) is 11.6. The molecule has 4 saturated heterocycles. The van der Waals surface area contributed by atoms with Crippen molar-refractivity contribution < 1.29 is 28.5 Å². The number of morpholine rings is 1. The molecule has 1 aliphatic carbocycles. The van der Waals surface area contributed by atoms with Crippen LogP contribution in [0, 0.1) is 11.8 Å². The Balaban J connectivity index is 1.16. The number of nitrogens with zero attached hydrogens (tertiary/aromatic N) is 2. The lowest BCUT2D eigenvalue weighted by Crippen LogP contribution is -2.56. The van der Waals surface area contributed by atoms with Gasteiger partial charge >= 0.3 is 6.09 Å². The van der Waals surface area contributed by atoms with Gasteiger partial charge < -0.3 is 28.6 Å². The standard InChI is InChI=1S/C27H44N2O6/c1-19(2)5-6-22-26(3,35-22)24-23(31-4)21(7-10-27(24)18-33-27)34-25(30)29-12-9-20(17-29)8-11-28-13-15-32-16-14-28/h5,20-24H,6-18H2,1-4H3/t20-,21-,22-,23-,24?,26+,27+/m1/s1. The van der Waals surface area contributed by atoms with E-state index in [4.69, 9.17) is 23.7 Å². The van der Waals surface area contributed by atoms with Crippen molar-refractivity contribution in [3.8, 4) is 0 Å². The molecule has 0 aromatic heterocycles. The molecule has 0 bridgehead atoms. The summed E-state index contributed by atoms with van der Waals surface area (Å²) in [5.41, 5.74) is 0.788. The average Bonchev–Trinajstić information content (AvgIpc) is 3.70. The SMILES string of the molecule is CO[C@H]1C([C@@]2(C)O[C@@H]2CC=C(C)C)[C@]2(CC[C@H]1OC(=O)N1CC[C@@H](CCN3CCOCC3)C1)CO2. The molecule has 0 aromatic carbocycles. The summed E-state index contributed by atoms with van der Waals surface area (Å²) in [5.74, 6) is 0.599. The van der Waals surface area contributed by atoms with Crippen molar-refractivity contribution in [3.05, 3.63) is 11.6 Å². The molecule has 0 N–H and O–H groups in total. The number of amides is 1. The fourth-order valence-electron chi connectivity index (χ4n) is 6.70. The number of epoxide rings is 2. The van der Waals surface area contributed by atoms with Crippen LogP contribution < -0.4 is 0 Å². The number of hydrogen-bond acceptors (Lipinski definition) is 7. The second kappa shape index (κ2) is 10.3. The van der Waals surface area contributed by atoms with Crippen LogP contribution >= 0.6 is 0 Å². The molecule has 1 unspecified atom stereocenters. The zero-order chi connectivity index (χ0) is 24.6. The Hall–Kier alpha value is -1.19. The molecule has 8 nitrogen and oxygen atoms in total. The predicted molar refractivity (Wildman–Crippen MR) is 131 cm³/mol. The Kier molecular flexibility index (Phi) is 7.48. The normalized spacial score (nSPS) is 41.1. The van der Waals surface area contributed by atoms with E-state index in [-0.39, 0.29) is 41.5 Å². The summed E-state index contributed by atoms with van der Waals surface area (Å²) in [6.07, 6.45) is 6.42. The first-order valence-corrected chi connectivity index (χ1v) is 13.6. The summed E-state index contributed by atoms with van der Waals surface area (Å²) >= 11 is 0. The fourth-order valence-corrected chi connectivity index (χ4v) is 6.70. The molecule has 0 radical (unpaired) electrons. The molecular weight excluding hydrogens is 448 g/mol. The van der Waals surface area contributed by atoms with Crippen molar-refractivity contribution in [1.29, 1.82) is 0 Å². The summed E-state index contributed by atoms with van der Waals surface area (Å²) in [6.45, 7) is 13.5. The molecule has 5 rings (SSSR count). The Bertz CT molecular complexity index is 791. The van der Waals surface area contributed by atoms with Gasteiger partial charge in [-0.2, -0.15) is 0 Å². The monoisotopic (exact) mass is 492 g/mol. The van der Waals surface area contributed by atoms with E-state index in [1.165, 1.54) is 5.57 Å². The molecule has 4 heterocycles. The van der Waals surface area contributed by atoms with Crippen molar-refractivity contribution in [3.63, 3.8) is 0 Å². The van der Waals surface area contributed by atoms with Crippen LogP contribution in [0.15, 0.2) is 11.6 Å². The van der Waals surface area contributed by atoms with Crippen LogP contribution in [0.25, 0.3) is 0 Å². The second-order valence-electron chi connectivity index (χ2n) is 11.6. The van der Waals surface area contributed by atoms with E-state index in [0.29, 0.717) is 5.92 Å². The molecule has 8 heteroatoms. The molecule has 35 heavy (non-hydrogen) atoms. The highest BCUT2D eigenvalue weighted by atomic mass is 16.6. The van der Waals surface area contributed by atoms with Crippen molar-refractivity contribution in [2.24, 2.45) is 11.8 Å². The first-order chi connectivity index (χ1) is 16.8. The van der Waals surface area contributed by atoms with E-state index in [2.05, 4.69) is 31.7 Å². The van der Waals surface area contributed by atoms with Gasteiger partial charge in [0.2, 0.25) is 0 Å². The third kappa shape index (κ3) is 5.42. The number of rotatable bonds is 8. The highest BCUT2D eigenvalue weighted by Gasteiger charge is 2.72. The molecule has 1 spiro atoms. The Morgan fingerprint density at radius 2 is 1.94 bits per heavy atom. The van der Waals surface area contributed by atoms with Crippen molar-refractivity contribution >= 4 is 6.09 Å². The first kappa shape index (κ1) is 25.5. The molecule has 5 aliphatic rings. The molecule has 4 aliphatic heterocycles. The fraction of sp³-hybridized carbons (Fsp3) is 0.889. The average molecular weight is 493 g/mol. The van der Waals surface area contributed by atoms with E-state index in [0.717, 1.165) is 84.6 Å². The van der Waals surface area contributed by atoms with Crippen LogP contribution in [0.4, 0.5) is 4.79 Å². The number of methoxy groups -OCH3 is 1. The van der Waals surface area contributed by atoms with Gasteiger partial charge in [-0.1, -0.05) is 11.6 Å². The number of likely N-dealkylation sites (tertiary alicyclic amines) is 1. The van der Waals surface area contributed by atoms with Crippen molar-refractivity contribution in [2.75, 3.05) is 59.7 Å². The van der Waals surface area contributed by atoms with Gasteiger partial charge in [0.1, 0.15) is 23.4 Å². The van der Waals surface area contributed by atoms with Gasteiger partial charge in [-0.15, -0.1) is 0 Å². The zero-order valence-corrected chi connectivity index (χ0v) is 22.0. The van der Waals surface area contributed by atoms with Crippen LogP contribution in [-0.2, 0) is 23.7 Å². The summed E-state index contributed by atoms with van der Waals surface area (Å²) in [6, 6.07) is 0. The molecule has 1 saturated carbocycles. The van der Waals surface area contributed by atoms with Crippen LogP contribution in [0.1, 0.15) is 52.9 Å². The topological polar surface area (TPSA) is 76.3 Å². The van der Waals surface area contributed by atoms with E-state index in [9.17, 15) is 4.79 Å². The predicted octanol–water partition coefficient (Wildman–Crippen LogP) is 3.24. The van der Waals surface area contributed by atoms with Crippen LogP contribution in [0.2, 0.25) is 0 Å². The molecule has 5 fully saturated rings. The van der Waals surface area contributed by atoms with Gasteiger partial charge in [0.05, 0.1) is 31.8 Å². The maximum atomic E-state index is 13.2. The van der Waals surface area contributed by atoms with Gasteiger partial charge in [0.25, 0.3) is 0 Å². The largest absolute Gasteiger partial charge is 0.443 e. The lowest BCUT2D eigenvalue weighted by atomic mass is 9.68. The third-order valence-electron chi connectivity index (χ3n) is 8.99. The zero-order valence-electron chi connectivity index (χ0n) is 22.0. The molecule has 198 valence electrons. The summed E-state index contributed by atoms with van der Waals surface area (Å²) in [7, 11) is 1.73. The van der Waals surface area contributed by atoms with E-state index in [1.807, 2.05) is 4.90 Å². The smallest absolute Gasteiger partial charge is 0.410 e. The van der Waals surface area contributed by atoms with Crippen molar-refractivity contribution in [1.82, 2.24) is 9.80 Å². The minimum absolute atomic E-state index is 0.0574. The summed E-state index contributed by atoms with van der Waals surface area (Å²) in [5, 5.41) is 0. The molecule has 0 aromatic rings. The molecule has 1 amide bonds. The lowest BCUT2D eigenvalue weighted by molar-refractivity contribution is -0.121. The number of carbonyl (C=O) groups is 1.